The van der Waals surface area contributed by atoms with E-state index in [4.69, 9.17) is 8.37 Å². The van der Waals surface area contributed by atoms with Gasteiger partial charge in [-0.15, -0.1) is 0 Å². The van der Waals surface area contributed by atoms with E-state index in [-0.39, 0.29) is 24.8 Å². The number of unbranched alkanes of at least 4 members (excludes halogenated alkanes) is 1. The lowest BCUT2D eigenvalue weighted by atomic mass is 10.1. The first-order chi connectivity index (χ1) is 30.1. The molecule has 2 atom stereocenters. The molecule has 0 N–H and O–H groups in total. The summed E-state index contributed by atoms with van der Waals surface area (Å²) in [7, 11) is -7.65. The van der Waals surface area contributed by atoms with Crippen LogP contribution in [0.5, 0.6) is 0 Å². The Hall–Kier alpha value is -3.78. The SMILES string of the molecule is CC/C=C\C/C=C\C/C=C\C/C=C\C/C=C\C/C=C\CCC(=O)CCC1COS(=O)(=O)O1.CC/C=C\C/C=C\C/C=C\C/C=C\C/C=C\CCCC(=O)CCC1COS(=O)(=O)O1. The van der Waals surface area contributed by atoms with E-state index in [0.717, 1.165) is 83.5 Å². The van der Waals surface area contributed by atoms with Crippen LogP contribution in [0.1, 0.15) is 142 Å². The third kappa shape index (κ3) is 36.8. The Kier molecular flexibility index (Phi) is 35.2. The lowest BCUT2D eigenvalue weighted by molar-refractivity contribution is -0.120. The van der Waals surface area contributed by atoms with E-state index in [1.807, 2.05) is 6.08 Å². The molecule has 0 aromatic carbocycles. The van der Waals surface area contributed by atoms with Gasteiger partial charge in [0.15, 0.2) is 0 Å². The summed E-state index contributed by atoms with van der Waals surface area (Å²) in [6, 6.07) is 0. The molecule has 0 aromatic heterocycles. The van der Waals surface area contributed by atoms with Crippen LogP contribution in [0.2, 0.25) is 0 Å². The van der Waals surface area contributed by atoms with E-state index in [1.165, 1.54) is 0 Å². The van der Waals surface area contributed by atoms with Crippen LogP contribution in [-0.4, -0.2) is 53.8 Å². The summed E-state index contributed by atoms with van der Waals surface area (Å²) in [5.41, 5.74) is 0. The molecule has 2 aliphatic heterocycles. The van der Waals surface area contributed by atoms with Crippen LogP contribution >= 0.6 is 0 Å². The molecule has 2 aliphatic rings. The lowest BCUT2D eigenvalue weighted by Crippen LogP contribution is -2.12. The first-order valence-corrected chi connectivity index (χ1v) is 25.1. The summed E-state index contributed by atoms with van der Waals surface area (Å²) in [4.78, 5) is 23.7. The van der Waals surface area contributed by atoms with Crippen molar-refractivity contribution in [2.24, 2.45) is 0 Å². The minimum atomic E-state index is -3.83. The van der Waals surface area contributed by atoms with Gasteiger partial charge in [-0.3, -0.25) is 9.59 Å². The Morgan fingerprint density at radius 1 is 0.403 bits per heavy atom. The standard InChI is InChI=1S/C26H38O5S.C24H36O5S/c1-2-3-4-5-6-7-8-9-10-11-12-13-14-15-16-17-18-19-20-21-25(27)22-23-26-24-30-32(28,29)31-26;1-2-3-4-5-6-7-8-9-10-11-12-13-14-15-16-17-18-19-23(25)20-21-24-22-28-30(26,27)29-24/h3-4,6-7,9-10,12-13,15-16,18-19,26H,2,5,8,11,14,17,20-24H2,1H3;3-4,6-7,9-10,12-13,15-16,24H,2,5,8,11,14,17-22H2,1H3/b4-3-,7-6-,10-9-,13-12-,16-15-,19-18-;4-3-,7-6-,10-9-,13-12-,16-15-. The van der Waals surface area contributed by atoms with E-state index in [0.29, 0.717) is 44.9 Å². The van der Waals surface area contributed by atoms with Gasteiger partial charge >= 0.3 is 20.8 Å². The summed E-state index contributed by atoms with van der Waals surface area (Å²) >= 11 is 0. The van der Waals surface area contributed by atoms with Gasteiger partial charge < -0.3 is 0 Å². The molecule has 62 heavy (non-hydrogen) atoms. The van der Waals surface area contributed by atoms with E-state index in [1.54, 1.807) is 0 Å². The van der Waals surface area contributed by atoms with Crippen molar-refractivity contribution >= 4 is 32.4 Å². The number of hydrogen-bond acceptors (Lipinski definition) is 10. The molecule has 2 heterocycles. The molecule has 10 nitrogen and oxygen atoms in total. The van der Waals surface area contributed by atoms with E-state index < -0.39 is 33.0 Å². The number of carbonyl (C=O) groups is 2. The van der Waals surface area contributed by atoms with Gasteiger partial charge in [0.2, 0.25) is 0 Å². The Balaban J connectivity index is 0.000000621. The van der Waals surface area contributed by atoms with Crippen molar-refractivity contribution in [1.29, 1.82) is 0 Å². The molecular weight excluding hydrogens is 825 g/mol. The lowest BCUT2D eigenvalue weighted by Gasteiger charge is -2.04. The zero-order valence-corrected chi connectivity index (χ0v) is 38.9. The molecule has 2 fully saturated rings. The van der Waals surface area contributed by atoms with Gasteiger partial charge in [0, 0.05) is 25.7 Å². The van der Waals surface area contributed by atoms with Gasteiger partial charge in [-0.05, 0) is 103 Å². The molecule has 2 unspecified atom stereocenters. The number of carbonyl (C=O) groups excluding carboxylic acids is 2. The van der Waals surface area contributed by atoms with Crippen molar-refractivity contribution in [3.63, 3.8) is 0 Å². The van der Waals surface area contributed by atoms with E-state index in [9.17, 15) is 26.4 Å². The zero-order chi connectivity index (χ0) is 45.3. The van der Waals surface area contributed by atoms with Crippen molar-refractivity contribution in [3.8, 4) is 0 Å². The van der Waals surface area contributed by atoms with Crippen molar-refractivity contribution in [2.45, 2.75) is 154 Å². The molecular formula is C50H74O10S2. The van der Waals surface area contributed by atoms with Gasteiger partial charge in [-0.2, -0.15) is 16.8 Å². The fraction of sp³-hybridized carbons (Fsp3) is 0.520. The highest BCUT2D eigenvalue weighted by atomic mass is 32.3. The first-order valence-electron chi connectivity index (χ1n) is 22.4. The second-order valence-corrected chi connectivity index (χ2v) is 17.0. The predicted molar refractivity (Wildman–Crippen MR) is 254 cm³/mol. The largest absolute Gasteiger partial charge is 0.400 e. The summed E-state index contributed by atoms with van der Waals surface area (Å²) in [6.45, 7) is 4.30. The fourth-order valence-corrected chi connectivity index (χ4v) is 7.31. The van der Waals surface area contributed by atoms with Gasteiger partial charge in [0.05, 0.1) is 13.2 Å². The highest BCUT2D eigenvalue weighted by Gasteiger charge is 2.30. The smallest absolute Gasteiger partial charge is 0.300 e. The third-order valence-corrected chi connectivity index (χ3v) is 10.8. The second kappa shape index (κ2) is 38.9. The van der Waals surface area contributed by atoms with Crippen LogP contribution in [0.4, 0.5) is 0 Å². The molecule has 346 valence electrons. The van der Waals surface area contributed by atoms with Crippen LogP contribution in [0.15, 0.2) is 134 Å². The van der Waals surface area contributed by atoms with Gasteiger partial charge in [-0.1, -0.05) is 148 Å². The molecule has 12 heteroatoms. The molecule has 0 aromatic rings. The number of Topliss-reactive ketones (excluding diaryl/α,β-unsaturated/α-hetero) is 2. The quantitative estimate of drug-likeness (QED) is 0.0462. The Morgan fingerprint density at radius 3 is 1.00 bits per heavy atom. The number of hydrogen-bond donors (Lipinski definition) is 0. The molecule has 0 aliphatic carbocycles. The third-order valence-electron chi connectivity index (χ3n) is 8.97. The Bertz CT molecular complexity index is 1760. The predicted octanol–water partition coefficient (Wildman–Crippen LogP) is 12.4. The normalized spacial score (nSPS) is 19.3. The molecule has 0 amide bonds. The zero-order valence-electron chi connectivity index (χ0n) is 37.3. The summed E-state index contributed by atoms with van der Waals surface area (Å²) in [5.74, 6) is 0.243. The maximum Gasteiger partial charge on any atom is 0.400 e. The maximum atomic E-state index is 11.8. The van der Waals surface area contributed by atoms with Crippen LogP contribution in [0.3, 0.4) is 0 Å². The van der Waals surface area contributed by atoms with Crippen LogP contribution < -0.4 is 0 Å². The van der Waals surface area contributed by atoms with Crippen LogP contribution in [-0.2, 0) is 47.1 Å². The Labute approximate surface area is 375 Å². The van der Waals surface area contributed by atoms with Gasteiger partial charge in [-0.25, -0.2) is 16.7 Å². The van der Waals surface area contributed by atoms with Gasteiger partial charge in [0.25, 0.3) is 0 Å². The van der Waals surface area contributed by atoms with Crippen molar-refractivity contribution in [2.75, 3.05) is 13.2 Å². The molecule has 2 saturated heterocycles. The van der Waals surface area contributed by atoms with Crippen molar-refractivity contribution in [3.05, 3.63) is 134 Å². The average Bonchev–Trinajstić information content (AvgIpc) is 3.79. The summed E-state index contributed by atoms with van der Waals surface area (Å²) < 4.78 is 62.4. The molecule has 0 saturated carbocycles. The summed E-state index contributed by atoms with van der Waals surface area (Å²) in [6.07, 6.45) is 61.9. The minimum absolute atomic E-state index is 0.00274. The molecule has 0 spiro atoms. The fourth-order valence-electron chi connectivity index (χ4n) is 5.59. The number of rotatable bonds is 33. The topological polar surface area (TPSA) is 139 Å². The van der Waals surface area contributed by atoms with Crippen molar-refractivity contribution < 1.29 is 43.2 Å². The van der Waals surface area contributed by atoms with Gasteiger partial charge in [0.1, 0.15) is 23.8 Å². The van der Waals surface area contributed by atoms with E-state index >= 15 is 0 Å². The molecule has 0 radical (unpaired) electrons. The monoisotopic (exact) mass is 898 g/mol. The first kappa shape index (κ1) is 56.2. The highest BCUT2D eigenvalue weighted by molar-refractivity contribution is 7.82. The molecule has 0 bridgehead atoms. The van der Waals surface area contributed by atoms with E-state index in [2.05, 4.69) is 150 Å². The maximum absolute atomic E-state index is 11.8. The van der Waals surface area contributed by atoms with Crippen LogP contribution in [0, 0.1) is 0 Å². The van der Waals surface area contributed by atoms with Crippen LogP contribution in [0.25, 0.3) is 0 Å². The summed E-state index contributed by atoms with van der Waals surface area (Å²) in [5, 5.41) is 0. The second-order valence-electron chi connectivity index (χ2n) is 14.5. The molecule has 2 rings (SSSR count). The number of ketones is 2. The van der Waals surface area contributed by atoms with Crippen molar-refractivity contribution in [1.82, 2.24) is 0 Å². The number of allylic oxidation sites excluding steroid dienone is 22. The minimum Gasteiger partial charge on any atom is -0.300 e. The highest BCUT2D eigenvalue weighted by Crippen LogP contribution is 2.19. The average molecular weight is 899 g/mol. The Morgan fingerprint density at radius 2 is 0.694 bits per heavy atom.